The molecule has 0 spiro atoms. The van der Waals surface area contributed by atoms with E-state index in [1.165, 1.54) is 6.42 Å². The fraction of sp³-hybridized carbons (Fsp3) is 0.316. The molecule has 1 fully saturated rings. The maximum absolute atomic E-state index is 10.9. The first kappa shape index (κ1) is 15.6. The second-order valence-electron chi connectivity index (χ2n) is 5.89. The highest BCUT2D eigenvalue weighted by Gasteiger charge is 2.25. The Morgan fingerprint density at radius 1 is 1.13 bits per heavy atom. The number of para-hydroxylation sites is 1. The number of carbonyl (C=O) groups is 1. The number of carboxylic acid groups (broad SMARTS) is 1. The lowest BCUT2D eigenvalue weighted by atomic mass is 10.1. The summed E-state index contributed by atoms with van der Waals surface area (Å²) in [7, 11) is 0. The van der Waals surface area contributed by atoms with Gasteiger partial charge in [-0.2, -0.15) is 0 Å². The first-order valence-corrected chi connectivity index (χ1v) is 7.96. The summed E-state index contributed by atoms with van der Waals surface area (Å²) in [6.07, 6.45) is 2.32. The van der Waals surface area contributed by atoms with Gasteiger partial charge >= 0.3 is 5.97 Å². The van der Waals surface area contributed by atoms with Crippen molar-refractivity contribution < 1.29 is 14.6 Å². The molecule has 1 aliphatic heterocycles. The van der Waals surface area contributed by atoms with Gasteiger partial charge in [-0.3, -0.25) is 4.90 Å². The lowest BCUT2D eigenvalue weighted by Crippen LogP contribution is -2.33. The molecule has 0 saturated carbocycles. The van der Waals surface area contributed by atoms with Crippen LogP contribution in [-0.2, 0) is 6.54 Å². The molecule has 0 aromatic heterocycles. The molecule has 2 aromatic carbocycles. The van der Waals surface area contributed by atoms with Gasteiger partial charge in [-0.25, -0.2) is 4.79 Å². The van der Waals surface area contributed by atoms with Crippen LogP contribution in [0.4, 0.5) is 0 Å². The highest BCUT2D eigenvalue weighted by molar-refractivity contribution is 5.87. The Kier molecular flexibility index (Phi) is 4.93. The van der Waals surface area contributed by atoms with E-state index in [2.05, 4.69) is 4.90 Å². The van der Waals surface area contributed by atoms with Gasteiger partial charge in [0.25, 0.3) is 0 Å². The Bertz CT molecular complexity index is 639. The van der Waals surface area contributed by atoms with Crippen molar-refractivity contribution in [3.63, 3.8) is 0 Å². The van der Waals surface area contributed by atoms with Crippen molar-refractivity contribution in [3.05, 3.63) is 65.7 Å². The molecule has 0 amide bonds. The van der Waals surface area contributed by atoms with E-state index < -0.39 is 5.97 Å². The zero-order valence-corrected chi connectivity index (χ0v) is 13.0. The second kappa shape index (κ2) is 7.29. The number of rotatable bonds is 6. The lowest BCUT2D eigenvalue weighted by Gasteiger charge is -2.24. The number of carboxylic acids is 1. The summed E-state index contributed by atoms with van der Waals surface area (Å²) in [6.45, 7) is 2.59. The summed E-state index contributed by atoms with van der Waals surface area (Å²) in [5.74, 6) is 0.0250. The lowest BCUT2D eigenvalue weighted by molar-refractivity contribution is 0.0697. The molecular weight excluding hydrogens is 290 g/mol. The van der Waals surface area contributed by atoms with Crippen molar-refractivity contribution in [3.8, 4) is 5.75 Å². The van der Waals surface area contributed by atoms with Gasteiger partial charge < -0.3 is 9.84 Å². The maximum Gasteiger partial charge on any atom is 0.335 e. The van der Waals surface area contributed by atoms with Crippen molar-refractivity contribution in [2.45, 2.75) is 25.4 Å². The molecule has 120 valence electrons. The minimum Gasteiger partial charge on any atom is -0.492 e. The molecule has 0 aliphatic carbocycles. The summed E-state index contributed by atoms with van der Waals surface area (Å²) in [6, 6.07) is 17.4. The number of nitrogens with zero attached hydrogens (tertiary/aromatic N) is 1. The summed E-state index contributed by atoms with van der Waals surface area (Å²) < 4.78 is 5.89. The molecule has 1 N–H and O–H groups in total. The smallest absolute Gasteiger partial charge is 0.335 e. The van der Waals surface area contributed by atoms with Crippen LogP contribution in [-0.4, -0.2) is 35.2 Å². The monoisotopic (exact) mass is 311 g/mol. The van der Waals surface area contributed by atoms with E-state index >= 15 is 0 Å². The molecule has 23 heavy (non-hydrogen) atoms. The third kappa shape index (κ3) is 4.11. The molecule has 0 radical (unpaired) electrons. The van der Waals surface area contributed by atoms with E-state index in [0.717, 1.165) is 30.8 Å². The molecule has 3 rings (SSSR count). The molecule has 0 unspecified atom stereocenters. The van der Waals surface area contributed by atoms with Gasteiger partial charge in [-0.1, -0.05) is 30.3 Å². The zero-order chi connectivity index (χ0) is 16.1. The van der Waals surface area contributed by atoms with Gasteiger partial charge in [0.1, 0.15) is 12.4 Å². The molecule has 1 heterocycles. The van der Waals surface area contributed by atoms with Crippen LogP contribution >= 0.6 is 0 Å². The predicted molar refractivity (Wildman–Crippen MR) is 88.8 cm³/mol. The average molecular weight is 311 g/mol. The van der Waals surface area contributed by atoms with Gasteiger partial charge in [-0.05, 0) is 49.2 Å². The van der Waals surface area contributed by atoms with E-state index in [-0.39, 0.29) is 0 Å². The van der Waals surface area contributed by atoms with Crippen LogP contribution in [0.15, 0.2) is 54.6 Å². The SMILES string of the molecule is O=C(O)c1ccc(CN2CCC[C@H]2COc2ccccc2)cc1. The Morgan fingerprint density at radius 3 is 2.57 bits per heavy atom. The van der Waals surface area contributed by atoms with Crippen LogP contribution in [0.1, 0.15) is 28.8 Å². The van der Waals surface area contributed by atoms with Crippen LogP contribution in [0.2, 0.25) is 0 Å². The summed E-state index contributed by atoms with van der Waals surface area (Å²) in [5, 5.41) is 8.95. The van der Waals surface area contributed by atoms with Gasteiger partial charge in [0.15, 0.2) is 0 Å². The van der Waals surface area contributed by atoms with Crippen LogP contribution in [0.3, 0.4) is 0 Å². The molecule has 2 aromatic rings. The fourth-order valence-corrected chi connectivity index (χ4v) is 2.99. The summed E-state index contributed by atoms with van der Waals surface area (Å²) >= 11 is 0. The molecule has 4 heteroatoms. The number of likely N-dealkylation sites (tertiary alicyclic amines) is 1. The van der Waals surface area contributed by atoms with Crippen molar-refractivity contribution in [2.75, 3.05) is 13.2 Å². The van der Waals surface area contributed by atoms with E-state index in [9.17, 15) is 4.79 Å². The van der Waals surface area contributed by atoms with Crippen LogP contribution in [0.5, 0.6) is 5.75 Å². The first-order chi connectivity index (χ1) is 11.2. The zero-order valence-electron chi connectivity index (χ0n) is 13.0. The van der Waals surface area contributed by atoms with Crippen molar-refractivity contribution in [1.82, 2.24) is 4.90 Å². The second-order valence-corrected chi connectivity index (χ2v) is 5.89. The van der Waals surface area contributed by atoms with E-state index in [1.54, 1.807) is 12.1 Å². The molecular formula is C19H21NO3. The topological polar surface area (TPSA) is 49.8 Å². The standard InChI is InChI=1S/C19H21NO3/c21-19(22)16-10-8-15(9-11-16)13-20-12-4-5-17(20)14-23-18-6-2-1-3-7-18/h1-3,6-11,17H,4-5,12-14H2,(H,21,22)/t17-/m0/s1. The summed E-state index contributed by atoms with van der Waals surface area (Å²) in [4.78, 5) is 13.3. The van der Waals surface area contributed by atoms with E-state index in [0.29, 0.717) is 18.2 Å². The van der Waals surface area contributed by atoms with Crippen molar-refractivity contribution >= 4 is 5.97 Å². The maximum atomic E-state index is 10.9. The van der Waals surface area contributed by atoms with E-state index in [4.69, 9.17) is 9.84 Å². The van der Waals surface area contributed by atoms with Gasteiger partial charge in [-0.15, -0.1) is 0 Å². The predicted octanol–water partition coefficient (Wildman–Crippen LogP) is 3.43. The van der Waals surface area contributed by atoms with Gasteiger partial charge in [0, 0.05) is 12.6 Å². The Balaban J connectivity index is 1.57. The normalized spacial score (nSPS) is 18.0. The third-order valence-electron chi connectivity index (χ3n) is 4.27. The number of ether oxygens (including phenoxy) is 1. The quantitative estimate of drug-likeness (QED) is 0.888. The van der Waals surface area contributed by atoms with E-state index in [1.807, 2.05) is 42.5 Å². The minimum absolute atomic E-state index is 0.333. The Morgan fingerprint density at radius 2 is 1.87 bits per heavy atom. The Hall–Kier alpha value is -2.33. The molecule has 4 nitrogen and oxygen atoms in total. The molecule has 1 atom stereocenters. The van der Waals surface area contributed by atoms with Crippen LogP contribution in [0.25, 0.3) is 0 Å². The summed E-state index contributed by atoms with van der Waals surface area (Å²) in [5.41, 5.74) is 1.47. The fourth-order valence-electron chi connectivity index (χ4n) is 2.99. The van der Waals surface area contributed by atoms with Gasteiger partial charge in [0.2, 0.25) is 0 Å². The largest absolute Gasteiger partial charge is 0.492 e. The number of aromatic carboxylic acids is 1. The van der Waals surface area contributed by atoms with Crippen molar-refractivity contribution in [1.29, 1.82) is 0 Å². The third-order valence-corrected chi connectivity index (χ3v) is 4.27. The number of hydrogen-bond acceptors (Lipinski definition) is 3. The number of benzene rings is 2. The molecule has 1 aliphatic rings. The first-order valence-electron chi connectivity index (χ1n) is 7.96. The highest BCUT2D eigenvalue weighted by Crippen LogP contribution is 2.21. The molecule has 0 bridgehead atoms. The average Bonchev–Trinajstić information content (AvgIpc) is 3.01. The van der Waals surface area contributed by atoms with Crippen LogP contribution in [0, 0.1) is 0 Å². The Labute approximate surface area is 136 Å². The van der Waals surface area contributed by atoms with Crippen molar-refractivity contribution in [2.24, 2.45) is 0 Å². The van der Waals surface area contributed by atoms with Gasteiger partial charge in [0.05, 0.1) is 5.56 Å². The minimum atomic E-state index is -0.883. The molecule has 1 saturated heterocycles. The highest BCUT2D eigenvalue weighted by atomic mass is 16.5. The number of hydrogen-bond donors (Lipinski definition) is 1. The van der Waals surface area contributed by atoms with Crippen LogP contribution < -0.4 is 4.74 Å².